The molecule has 1 nitrogen and oxygen atoms in total. The van der Waals surface area contributed by atoms with E-state index in [1.807, 2.05) is 6.07 Å². The monoisotopic (exact) mass is 293 g/mol. The Morgan fingerprint density at radius 2 is 1.94 bits per heavy atom. The van der Waals surface area contributed by atoms with Crippen LogP contribution in [0.2, 0.25) is 8.67 Å². The Kier molecular flexibility index (Phi) is 6.28. The molecule has 1 N–H and O–H groups in total. The number of hydrogen-bond acceptors (Lipinski definition) is 2. The van der Waals surface area contributed by atoms with Crippen LogP contribution in [0.4, 0.5) is 0 Å². The van der Waals surface area contributed by atoms with Crippen LogP contribution in [0.1, 0.15) is 52.1 Å². The number of halogens is 2. The maximum Gasteiger partial charge on any atom is 0.0991 e. The second-order valence-corrected chi connectivity index (χ2v) is 7.10. The molecule has 0 fully saturated rings. The van der Waals surface area contributed by atoms with Gasteiger partial charge >= 0.3 is 0 Å². The van der Waals surface area contributed by atoms with Crippen molar-refractivity contribution in [3.63, 3.8) is 0 Å². The van der Waals surface area contributed by atoms with Crippen LogP contribution < -0.4 is 5.32 Å². The third-order valence-corrected chi connectivity index (χ3v) is 4.65. The molecule has 17 heavy (non-hydrogen) atoms. The Labute approximate surface area is 119 Å². The quantitative estimate of drug-likeness (QED) is 0.727. The van der Waals surface area contributed by atoms with Gasteiger partial charge in [0.25, 0.3) is 0 Å². The lowest BCUT2D eigenvalue weighted by molar-refractivity contribution is 0.386. The van der Waals surface area contributed by atoms with Crippen LogP contribution in [0.15, 0.2) is 6.07 Å². The van der Waals surface area contributed by atoms with Crippen LogP contribution in [0, 0.1) is 5.92 Å². The fourth-order valence-electron chi connectivity index (χ4n) is 2.00. The molecular formula is C13H21Cl2NS. The molecule has 1 heterocycles. The zero-order valence-corrected chi connectivity index (χ0v) is 13.2. The summed E-state index contributed by atoms with van der Waals surface area (Å²) in [5.41, 5.74) is 1.11. The van der Waals surface area contributed by atoms with Gasteiger partial charge in [0.15, 0.2) is 0 Å². The maximum atomic E-state index is 6.15. The molecule has 1 rings (SSSR count). The van der Waals surface area contributed by atoms with E-state index in [9.17, 15) is 0 Å². The zero-order chi connectivity index (χ0) is 13.0. The van der Waals surface area contributed by atoms with Gasteiger partial charge in [-0.05, 0) is 37.8 Å². The smallest absolute Gasteiger partial charge is 0.0991 e. The Bertz CT molecular complexity index is 351. The molecule has 0 aliphatic carbocycles. The molecule has 4 heteroatoms. The Morgan fingerprint density at radius 1 is 1.29 bits per heavy atom. The molecule has 98 valence electrons. The van der Waals surface area contributed by atoms with Crippen molar-refractivity contribution in [2.24, 2.45) is 5.92 Å². The first-order valence-corrected chi connectivity index (χ1v) is 7.72. The SMILES string of the molecule is CCC(C)CC(C)NC(C)c1cc(Cl)sc1Cl. The fraction of sp³-hybridized carbons (Fsp3) is 0.692. The molecule has 3 atom stereocenters. The standard InChI is InChI=1S/C13H21Cl2NS/c1-5-8(2)6-9(3)16-10(4)11-7-12(14)17-13(11)15/h7-10,16H,5-6H2,1-4H3. The van der Waals surface area contributed by atoms with Gasteiger partial charge in [-0.3, -0.25) is 0 Å². The van der Waals surface area contributed by atoms with Crippen LogP contribution in [-0.4, -0.2) is 6.04 Å². The number of nitrogens with one attached hydrogen (secondary N) is 1. The predicted octanol–water partition coefficient (Wildman–Crippen LogP) is 5.53. The Morgan fingerprint density at radius 3 is 2.41 bits per heavy atom. The molecular weight excluding hydrogens is 273 g/mol. The molecule has 0 amide bonds. The molecule has 0 bridgehead atoms. The van der Waals surface area contributed by atoms with E-state index < -0.39 is 0 Å². The minimum absolute atomic E-state index is 0.255. The topological polar surface area (TPSA) is 12.0 Å². The van der Waals surface area contributed by atoms with Crippen molar-refractivity contribution in [2.75, 3.05) is 0 Å². The minimum Gasteiger partial charge on any atom is -0.308 e. The van der Waals surface area contributed by atoms with Gasteiger partial charge in [0, 0.05) is 12.1 Å². The summed E-state index contributed by atoms with van der Waals surface area (Å²) in [6.45, 7) is 8.88. The fourth-order valence-corrected chi connectivity index (χ4v) is 3.65. The van der Waals surface area contributed by atoms with Crippen LogP contribution in [-0.2, 0) is 0 Å². The first kappa shape index (κ1) is 15.3. The van der Waals surface area contributed by atoms with Crippen LogP contribution in [0.25, 0.3) is 0 Å². The molecule has 0 saturated heterocycles. The van der Waals surface area contributed by atoms with Gasteiger partial charge in [0.2, 0.25) is 0 Å². The van der Waals surface area contributed by atoms with Gasteiger partial charge in [0.1, 0.15) is 0 Å². The number of hydrogen-bond donors (Lipinski definition) is 1. The van der Waals surface area contributed by atoms with E-state index in [-0.39, 0.29) is 6.04 Å². The average Bonchev–Trinajstić information content (AvgIpc) is 2.57. The van der Waals surface area contributed by atoms with Gasteiger partial charge in [-0.15, -0.1) is 11.3 Å². The molecule has 0 aliphatic heterocycles. The van der Waals surface area contributed by atoms with Crippen molar-refractivity contribution in [1.82, 2.24) is 5.32 Å². The average molecular weight is 294 g/mol. The van der Waals surface area contributed by atoms with E-state index in [4.69, 9.17) is 23.2 Å². The van der Waals surface area contributed by atoms with Crippen molar-refractivity contribution in [3.05, 3.63) is 20.3 Å². The third-order valence-electron chi connectivity index (χ3n) is 3.14. The highest BCUT2D eigenvalue weighted by Gasteiger charge is 2.16. The molecule has 0 aromatic carbocycles. The second kappa shape index (κ2) is 6.98. The first-order chi connectivity index (χ1) is 7.93. The largest absolute Gasteiger partial charge is 0.308 e. The highest BCUT2D eigenvalue weighted by molar-refractivity contribution is 7.20. The highest BCUT2D eigenvalue weighted by Crippen LogP contribution is 2.35. The molecule has 3 unspecified atom stereocenters. The van der Waals surface area contributed by atoms with Gasteiger partial charge < -0.3 is 5.32 Å². The summed E-state index contributed by atoms with van der Waals surface area (Å²) in [6.07, 6.45) is 2.42. The third kappa shape index (κ3) is 4.78. The van der Waals surface area contributed by atoms with E-state index in [2.05, 4.69) is 33.0 Å². The van der Waals surface area contributed by atoms with Crippen LogP contribution >= 0.6 is 34.5 Å². The van der Waals surface area contributed by atoms with Gasteiger partial charge in [-0.1, -0.05) is 43.5 Å². The lowest BCUT2D eigenvalue weighted by atomic mass is 9.99. The van der Waals surface area contributed by atoms with Gasteiger partial charge in [0.05, 0.1) is 8.67 Å². The summed E-state index contributed by atoms with van der Waals surface area (Å²) in [4.78, 5) is 0. The first-order valence-electron chi connectivity index (χ1n) is 6.14. The maximum absolute atomic E-state index is 6.15. The summed E-state index contributed by atoms with van der Waals surface area (Å²) in [6, 6.07) is 2.71. The van der Waals surface area contributed by atoms with E-state index >= 15 is 0 Å². The molecule has 1 aromatic heterocycles. The summed E-state index contributed by atoms with van der Waals surface area (Å²) in [5.74, 6) is 0.756. The Balaban J connectivity index is 2.54. The Hall–Kier alpha value is 0.240. The highest BCUT2D eigenvalue weighted by atomic mass is 35.5. The van der Waals surface area contributed by atoms with Crippen molar-refractivity contribution >= 4 is 34.5 Å². The van der Waals surface area contributed by atoms with E-state index in [0.717, 1.165) is 20.2 Å². The van der Waals surface area contributed by atoms with Crippen molar-refractivity contribution in [3.8, 4) is 0 Å². The summed E-state index contributed by atoms with van der Waals surface area (Å²) in [7, 11) is 0. The molecule has 0 spiro atoms. The van der Waals surface area contributed by atoms with Crippen LogP contribution in [0.3, 0.4) is 0 Å². The number of thiophene rings is 1. The van der Waals surface area contributed by atoms with E-state index in [1.165, 1.54) is 24.2 Å². The van der Waals surface area contributed by atoms with Crippen molar-refractivity contribution in [2.45, 2.75) is 52.6 Å². The molecule has 1 aromatic rings. The van der Waals surface area contributed by atoms with Crippen molar-refractivity contribution in [1.29, 1.82) is 0 Å². The minimum atomic E-state index is 0.255. The summed E-state index contributed by atoms with van der Waals surface area (Å²) >= 11 is 13.5. The normalized spacial score (nSPS) is 16.8. The summed E-state index contributed by atoms with van der Waals surface area (Å²) in [5, 5.41) is 3.58. The van der Waals surface area contributed by atoms with Crippen LogP contribution in [0.5, 0.6) is 0 Å². The van der Waals surface area contributed by atoms with Gasteiger partial charge in [-0.2, -0.15) is 0 Å². The lowest BCUT2D eigenvalue weighted by Crippen LogP contribution is -2.30. The lowest BCUT2D eigenvalue weighted by Gasteiger charge is -2.22. The predicted molar refractivity (Wildman–Crippen MR) is 79.4 cm³/mol. The van der Waals surface area contributed by atoms with E-state index in [0.29, 0.717) is 6.04 Å². The molecule has 0 saturated carbocycles. The van der Waals surface area contributed by atoms with Gasteiger partial charge in [-0.25, -0.2) is 0 Å². The zero-order valence-electron chi connectivity index (χ0n) is 10.9. The van der Waals surface area contributed by atoms with Crippen molar-refractivity contribution < 1.29 is 0 Å². The summed E-state index contributed by atoms with van der Waals surface area (Å²) < 4.78 is 1.55. The van der Waals surface area contributed by atoms with E-state index in [1.54, 1.807) is 0 Å². The second-order valence-electron chi connectivity index (χ2n) is 4.82. The number of rotatable bonds is 6. The molecule has 0 aliphatic rings. The molecule has 0 radical (unpaired) electrons.